The van der Waals surface area contributed by atoms with Crippen LogP contribution in [-0.2, 0) is 32.6 Å². The first-order valence-corrected chi connectivity index (χ1v) is 14.9. The summed E-state index contributed by atoms with van der Waals surface area (Å²) in [6.07, 6.45) is 0.272. The Bertz CT molecular complexity index is 1580. The van der Waals surface area contributed by atoms with E-state index in [1.807, 2.05) is 86.6 Å². The molecule has 0 aliphatic carbocycles. The molecule has 4 aromatic rings. The molecule has 8 heteroatoms. The molecule has 0 unspecified atom stereocenters. The molecule has 0 spiro atoms. The average Bonchev–Trinajstić information content (AvgIpc) is 2.99. The van der Waals surface area contributed by atoms with Gasteiger partial charge in [0.05, 0.1) is 10.6 Å². The fraction of sp³-hybridized carbons (Fsp3) is 0.212. The van der Waals surface area contributed by atoms with Crippen molar-refractivity contribution in [2.45, 2.75) is 37.8 Å². The van der Waals surface area contributed by atoms with Crippen LogP contribution in [0, 0.1) is 13.8 Å². The number of carbonyl (C=O) groups excluding carboxylic acids is 2. The number of nitrogens with one attached hydrogen (secondary N) is 1. The molecule has 212 valence electrons. The topological polar surface area (TPSA) is 86.8 Å². The largest absolute Gasteiger partial charge is 0.357 e. The molecule has 4 rings (SSSR count). The van der Waals surface area contributed by atoms with Crippen molar-refractivity contribution in [2.75, 3.05) is 17.9 Å². The fourth-order valence-electron chi connectivity index (χ4n) is 4.82. The predicted octanol–water partition coefficient (Wildman–Crippen LogP) is 4.88. The van der Waals surface area contributed by atoms with E-state index in [-0.39, 0.29) is 23.8 Å². The zero-order valence-electron chi connectivity index (χ0n) is 23.5. The molecule has 0 saturated carbocycles. The standard InChI is InChI=1S/C33H35N3O4S/c1-25-19-20-30(26(2)21-25)36(41(39,40)29-17-11-6-12-18-29)24-32(37)35(23-28-15-9-5-10-16-28)31(33(38)34-3)22-27-13-7-4-8-14-27/h4-21,31H,22-24H2,1-3H3,(H,34,38)/t31-/m0/s1. The van der Waals surface area contributed by atoms with Crippen LogP contribution in [0.5, 0.6) is 0 Å². The van der Waals surface area contributed by atoms with E-state index < -0.39 is 28.5 Å². The van der Waals surface area contributed by atoms with Crippen LogP contribution >= 0.6 is 0 Å². The molecule has 0 heterocycles. The summed E-state index contributed by atoms with van der Waals surface area (Å²) in [5.41, 5.74) is 3.82. The van der Waals surface area contributed by atoms with Crippen molar-refractivity contribution in [3.63, 3.8) is 0 Å². The summed E-state index contributed by atoms with van der Waals surface area (Å²) in [5, 5.41) is 2.70. The minimum absolute atomic E-state index is 0.0783. The summed E-state index contributed by atoms with van der Waals surface area (Å²) in [6, 6.07) is 31.5. The molecule has 1 N–H and O–H groups in total. The first kappa shape index (κ1) is 29.6. The highest BCUT2D eigenvalue weighted by Crippen LogP contribution is 2.28. The Morgan fingerprint density at radius 1 is 0.780 bits per heavy atom. The van der Waals surface area contributed by atoms with Gasteiger partial charge in [-0.25, -0.2) is 8.42 Å². The quantitative estimate of drug-likeness (QED) is 0.279. The molecule has 7 nitrogen and oxygen atoms in total. The van der Waals surface area contributed by atoms with Crippen molar-refractivity contribution in [1.29, 1.82) is 0 Å². The van der Waals surface area contributed by atoms with Gasteiger partial charge in [0.15, 0.2) is 0 Å². The molecule has 0 bridgehead atoms. The zero-order chi connectivity index (χ0) is 29.4. The number of anilines is 1. The van der Waals surface area contributed by atoms with E-state index in [2.05, 4.69) is 5.32 Å². The third-order valence-electron chi connectivity index (χ3n) is 6.94. The Hall–Kier alpha value is -4.43. The molecule has 41 heavy (non-hydrogen) atoms. The molecule has 0 radical (unpaired) electrons. The van der Waals surface area contributed by atoms with Gasteiger partial charge in [-0.2, -0.15) is 0 Å². The van der Waals surface area contributed by atoms with E-state index in [1.165, 1.54) is 24.1 Å². The van der Waals surface area contributed by atoms with Gasteiger partial charge in [0.1, 0.15) is 12.6 Å². The number of hydrogen-bond donors (Lipinski definition) is 1. The number of carbonyl (C=O) groups is 2. The highest BCUT2D eigenvalue weighted by Gasteiger charge is 2.34. The second kappa shape index (κ2) is 13.3. The van der Waals surface area contributed by atoms with Crippen molar-refractivity contribution < 1.29 is 18.0 Å². The summed E-state index contributed by atoms with van der Waals surface area (Å²) >= 11 is 0. The third kappa shape index (κ3) is 7.21. The molecule has 4 aromatic carbocycles. The average molecular weight is 570 g/mol. The Morgan fingerprint density at radius 2 is 1.34 bits per heavy atom. The third-order valence-corrected chi connectivity index (χ3v) is 8.72. The summed E-state index contributed by atoms with van der Waals surface area (Å²) in [6.45, 7) is 3.41. The number of rotatable bonds is 11. The number of nitrogens with zero attached hydrogens (tertiary/aromatic N) is 2. The van der Waals surface area contributed by atoms with Crippen LogP contribution in [0.1, 0.15) is 22.3 Å². The van der Waals surface area contributed by atoms with Crippen LogP contribution in [0.3, 0.4) is 0 Å². The van der Waals surface area contributed by atoms with Crippen LogP contribution in [0.25, 0.3) is 0 Å². The first-order chi connectivity index (χ1) is 19.7. The summed E-state index contributed by atoms with van der Waals surface area (Å²) in [7, 11) is -2.58. The number of benzene rings is 4. The van der Waals surface area contributed by atoms with E-state index in [0.29, 0.717) is 5.69 Å². The monoisotopic (exact) mass is 569 g/mol. The van der Waals surface area contributed by atoms with Gasteiger partial charge < -0.3 is 10.2 Å². The number of sulfonamides is 1. The lowest BCUT2D eigenvalue weighted by Crippen LogP contribution is -2.53. The first-order valence-electron chi connectivity index (χ1n) is 13.4. The molecular formula is C33H35N3O4S. The van der Waals surface area contributed by atoms with Crippen molar-refractivity contribution in [3.8, 4) is 0 Å². The van der Waals surface area contributed by atoms with Gasteiger partial charge in [-0.05, 0) is 48.7 Å². The van der Waals surface area contributed by atoms with Gasteiger partial charge in [0.2, 0.25) is 11.8 Å². The molecule has 0 aromatic heterocycles. The lowest BCUT2D eigenvalue weighted by atomic mass is 10.0. The normalized spacial score (nSPS) is 11.9. The highest BCUT2D eigenvalue weighted by molar-refractivity contribution is 7.92. The maximum Gasteiger partial charge on any atom is 0.264 e. The van der Waals surface area contributed by atoms with Crippen LogP contribution in [-0.4, -0.2) is 44.8 Å². The number of amides is 2. The molecule has 1 atom stereocenters. The van der Waals surface area contributed by atoms with E-state index >= 15 is 0 Å². The van der Waals surface area contributed by atoms with Gasteiger partial charge in [-0.1, -0.05) is 96.6 Å². The zero-order valence-corrected chi connectivity index (χ0v) is 24.3. The Morgan fingerprint density at radius 3 is 1.90 bits per heavy atom. The second-order valence-electron chi connectivity index (χ2n) is 9.94. The summed E-state index contributed by atoms with van der Waals surface area (Å²) in [4.78, 5) is 29.1. The van der Waals surface area contributed by atoms with E-state index in [4.69, 9.17) is 0 Å². The van der Waals surface area contributed by atoms with Crippen LogP contribution in [0.4, 0.5) is 5.69 Å². The fourth-order valence-corrected chi connectivity index (χ4v) is 6.32. The Balaban J connectivity index is 1.79. The van der Waals surface area contributed by atoms with E-state index in [0.717, 1.165) is 26.6 Å². The second-order valence-corrected chi connectivity index (χ2v) is 11.8. The van der Waals surface area contributed by atoms with Gasteiger partial charge in [-0.15, -0.1) is 0 Å². The molecule has 0 fully saturated rings. The van der Waals surface area contributed by atoms with E-state index in [9.17, 15) is 18.0 Å². The summed E-state index contributed by atoms with van der Waals surface area (Å²) in [5.74, 6) is -0.819. The van der Waals surface area contributed by atoms with Gasteiger partial charge in [0.25, 0.3) is 10.0 Å². The maximum atomic E-state index is 14.3. The van der Waals surface area contributed by atoms with Gasteiger partial charge in [0, 0.05) is 20.0 Å². The lowest BCUT2D eigenvalue weighted by molar-refractivity contribution is -0.139. The smallest absolute Gasteiger partial charge is 0.264 e. The molecular weight excluding hydrogens is 534 g/mol. The lowest BCUT2D eigenvalue weighted by Gasteiger charge is -2.34. The minimum Gasteiger partial charge on any atom is -0.357 e. The SMILES string of the molecule is CNC(=O)[C@H](Cc1ccccc1)N(Cc1ccccc1)C(=O)CN(c1ccc(C)cc1C)S(=O)(=O)c1ccccc1. The number of likely N-dealkylation sites (N-methyl/N-ethyl adjacent to an activating group) is 1. The van der Waals surface area contributed by atoms with Crippen LogP contribution < -0.4 is 9.62 Å². The molecule has 0 aliphatic heterocycles. The van der Waals surface area contributed by atoms with Crippen LogP contribution in [0.15, 0.2) is 114 Å². The van der Waals surface area contributed by atoms with Crippen LogP contribution in [0.2, 0.25) is 0 Å². The molecule has 0 saturated heterocycles. The number of aryl methyl sites for hydroxylation is 2. The predicted molar refractivity (Wildman–Crippen MR) is 162 cm³/mol. The highest BCUT2D eigenvalue weighted by atomic mass is 32.2. The molecule has 0 aliphatic rings. The molecule has 2 amide bonds. The van der Waals surface area contributed by atoms with Gasteiger partial charge in [-0.3, -0.25) is 13.9 Å². The number of hydrogen-bond acceptors (Lipinski definition) is 4. The maximum absolute atomic E-state index is 14.3. The van der Waals surface area contributed by atoms with E-state index in [1.54, 1.807) is 24.3 Å². The van der Waals surface area contributed by atoms with Crippen molar-refractivity contribution in [1.82, 2.24) is 10.2 Å². The van der Waals surface area contributed by atoms with Crippen molar-refractivity contribution in [3.05, 3.63) is 131 Å². The van der Waals surface area contributed by atoms with Gasteiger partial charge >= 0.3 is 0 Å². The minimum atomic E-state index is -4.12. The Kier molecular flexibility index (Phi) is 9.57. The summed E-state index contributed by atoms with van der Waals surface area (Å²) < 4.78 is 29.2. The van der Waals surface area contributed by atoms with Crippen molar-refractivity contribution in [2.24, 2.45) is 0 Å². The Labute approximate surface area is 242 Å². The van der Waals surface area contributed by atoms with Crippen molar-refractivity contribution >= 4 is 27.5 Å².